The van der Waals surface area contributed by atoms with Gasteiger partial charge >= 0.3 is 4.87 Å². The topological polar surface area (TPSA) is 97.7 Å². The van der Waals surface area contributed by atoms with Crippen molar-refractivity contribution in [3.05, 3.63) is 104 Å². The molecule has 41 heavy (non-hydrogen) atoms. The van der Waals surface area contributed by atoms with Gasteiger partial charge in [0, 0.05) is 16.5 Å². The highest BCUT2D eigenvalue weighted by Gasteiger charge is 2.56. The van der Waals surface area contributed by atoms with Crippen LogP contribution in [0.5, 0.6) is 5.75 Å². The number of rotatable bonds is 6. The molecule has 8 nitrogen and oxygen atoms in total. The SMILES string of the molecule is COc1ccc(N2C(=O)C3Sc4c(sc(=O)n4CC(=O)Nc4cccc(C)c4)[C@H](c4ccc(F)cc4)C3C2=O)cc1. The smallest absolute Gasteiger partial charge is 0.308 e. The van der Waals surface area contributed by atoms with Gasteiger partial charge in [-0.1, -0.05) is 47.4 Å². The summed E-state index contributed by atoms with van der Waals surface area (Å²) in [7, 11) is 1.53. The van der Waals surface area contributed by atoms with E-state index < -0.39 is 40.6 Å². The number of hydrogen-bond donors (Lipinski definition) is 1. The number of thioether (sulfide) groups is 1. The van der Waals surface area contributed by atoms with Crippen LogP contribution in [0.4, 0.5) is 15.8 Å². The molecule has 3 aromatic carbocycles. The van der Waals surface area contributed by atoms with E-state index in [-0.39, 0.29) is 11.4 Å². The zero-order valence-corrected chi connectivity index (χ0v) is 23.6. The highest BCUT2D eigenvalue weighted by molar-refractivity contribution is 8.00. The molecule has 3 atom stereocenters. The molecular weight excluding hydrogens is 565 g/mol. The van der Waals surface area contributed by atoms with Gasteiger partial charge in [-0.25, -0.2) is 9.29 Å². The van der Waals surface area contributed by atoms with Crippen LogP contribution in [0.2, 0.25) is 0 Å². The third kappa shape index (κ3) is 4.85. The number of aryl methyl sites for hydroxylation is 1. The number of methoxy groups -OCH3 is 1. The predicted octanol–water partition coefficient (Wildman–Crippen LogP) is 4.80. The summed E-state index contributed by atoms with van der Waals surface area (Å²) < 4.78 is 20.4. The summed E-state index contributed by atoms with van der Waals surface area (Å²) in [6.07, 6.45) is 0. The van der Waals surface area contributed by atoms with E-state index in [4.69, 9.17) is 4.74 Å². The van der Waals surface area contributed by atoms with Crippen LogP contribution < -0.4 is 19.8 Å². The lowest BCUT2D eigenvalue weighted by atomic mass is 9.83. The fourth-order valence-corrected chi connectivity index (χ4v) is 8.11. The second-order valence-corrected chi connectivity index (χ2v) is 12.0. The van der Waals surface area contributed by atoms with Crippen LogP contribution in [0, 0.1) is 18.7 Å². The number of ether oxygens (including phenoxy) is 1. The normalized spacial score (nSPS) is 19.6. The number of imide groups is 1. The Kier molecular flexibility index (Phi) is 7.00. The maximum Gasteiger partial charge on any atom is 0.308 e. The number of aromatic nitrogens is 1. The van der Waals surface area contributed by atoms with Gasteiger partial charge in [0.15, 0.2) is 0 Å². The second kappa shape index (κ2) is 10.6. The molecule has 1 N–H and O–H groups in total. The van der Waals surface area contributed by atoms with E-state index in [0.29, 0.717) is 32.6 Å². The molecule has 0 radical (unpaired) electrons. The molecule has 0 bridgehead atoms. The van der Waals surface area contributed by atoms with Crippen LogP contribution in [0.15, 0.2) is 82.6 Å². The number of carbonyl (C=O) groups excluding carboxylic acids is 3. The number of thiazole rings is 1. The Balaban J connectivity index is 1.40. The van der Waals surface area contributed by atoms with Crippen LogP contribution in [-0.4, -0.2) is 34.6 Å². The Morgan fingerprint density at radius 3 is 2.41 bits per heavy atom. The van der Waals surface area contributed by atoms with Gasteiger partial charge in [0.25, 0.3) is 0 Å². The minimum atomic E-state index is -0.841. The zero-order valence-electron chi connectivity index (χ0n) is 22.0. The highest BCUT2D eigenvalue weighted by atomic mass is 32.2. The quantitative estimate of drug-likeness (QED) is 0.325. The number of halogens is 1. The minimum Gasteiger partial charge on any atom is -0.497 e. The summed E-state index contributed by atoms with van der Waals surface area (Å²) in [6.45, 7) is 1.65. The number of fused-ring (bicyclic) bond motifs is 2. The summed E-state index contributed by atoms with van der Waals surface area (Å²) in [5.41, 5.74) is 2.60. The van der Waals surface area contributed by atoms with Crippen LogP contribution in [0.1, 0.15) is 21.9 Å². The summed E-state index contributed by atoms with van der Waals surface area (Å²) in [5, 5.41) is 2.44. The number of benzene rings is 3. The third-order valence-electron chi connectivity index (χ3n) is 7.21. The van der Waals surface area contributed by atoms with E-state index in [2.05, 4.69) is 5.32 Å². The maximum atomic E-state index is 13.9. The van der Waals surface area contributed by atoms with Gasteiger partial charge in [0.1, 0.15) is 23.4 Å². The molecule has 2 aliphatic rings. The Morgan fingerprint density at radius 1 is 1.00 bits per heavy atom. The lowest BCUT2D eigenvalue weighted by molar-refractivity contribution is -0.122. The largest absolute Gasteiger partial charge is 0.497 e. The molecule has 2 unspecified atom stereocenters. The van der Waals surface area contributed by atoms with Crippen LogP contribution >= 0.6 is 23.1 Å². The molecule has 0 spiro atoms. The molecule has 1 fully saturated rings. The van der Waals surface area contributed by atoms with E-state index in [1.807, 2.05) is 25.1 Å². The van der Waals surface area contributed by atoms with E-state index >= 15 is 0 Å². The van der Waals surface area contributed by atoms with E-state index in [0.717, 1.165) is 28.7 Å². The van der Waals surface area contributed by atoms with Crippen LogP contribution in [0.25, 0.3) is 0 Å². The highest BCUT2D eigenvalue weighted by Crippen LogP contribution is 2.53. The van der Waals surface area contributed by atoms with Gasteiger partial charge < -0.3 is 10.1 Å². The van der Waals surface area contributed by atoms with Gasteiger partial charge in [-0.15, -0.1) is 0 Å². The first-order valence-electron chi connectivity index (χ1n) is 12.8. The molecular formula is C30H24FN3O5S2. The number of nitrogens with zero attached hydrogens (tertiary/aromatic N) is 2. The monoisotopic (exact) mass is 589 g/mol. The predicted molar refractivity (Wildman–Crippen MR) is 155 cm³/mol. The van der Waals surface area contributed by atoms with Crippen molar-refractivity contribution in [2.24, 2.45) is 5.92 Å². The van der Waals surface area contributed by atoms with Crippen molar-refractivity contribution in [3.63, 3.8) is 0 Å². The van der Waals surface area contributed by atoms with Gasteiger partial charge in [0.05, 0.1) is 23.7 Å². The summed E-state index contributed by atoms with van der Waals surface area (Å²) in [5.74, 6) is -2.56. The summed E-state index contributed by atoms with van der Waals surface area (Å²) >= 11 is 2.07. The molecule has 3 amide bonds. The summed E-state index contributed by atoms with van der Waals surface area (Å²) in [6, 6.07) is 19.7. The molecule has 11 heteroatoms. The van der Waals surface area contributed by atoms with E-state index in [1.165, 1.54) is 28.7 Å². The Hall–Kier alpha value is -4.22. The third-order valence-corrected chi connectivity index (χ3v) is 9.82. The van der Waals surface area contributed by atoms with Gasteiger partial charge in [0.2, 0.25) is 17.7 Å². The lowest BCUT2D eigenvalue weighted by Gasteiger charge is -2.30. The fraction of sp³-hybridized carbons (Fsp3) is 0.200. The Bertz CT molecular complexity index is 1730. The van der Waals surface area contributed by atoms with Crippen molar-refractivity contribution in [2.75, 3.05) is 17.3 Å². The summed E-state index contributed by atoms with van der Waals surface area (Å²) in [4.78, 5) is 55.3. The first-order chi connectivity index (χ1) is 19.7. The van der Waals surface area contributed by atoms with Gasteiger partial charge in [-0.2, -0.15) is 0 Å². The van der Waals surface area contributed by atoms with Gasteiger partial charge in [-0.3, -0.25) is 23.7 Å². The molecule has 4 aromatic rings. The average molecular weight is 590 g/mol. The number of carbonyl (C=O) groups is 3. The maximum absolute atomic E-state index is 13.9. The molecule has 0 saturated carbocycles. The van der Waals surface area contributed by atoms with Crippen molar-refractivity contribution in [2.45, 2.75) is 29.7 Å². The number of hydrogen-bond acceptors (Lipinski definition) is 7. The van der Waals surface area contributed by atoms with Crippen molar-refractivity contribution in [3.8, 4) is 5.75 Å². The molecule has 0 aliphatic carbocycles. The standard InChI is InChI=1S/C30H24FN3O5S2/c1-16-4-3-5-19(14-16)32-22(35)15-33-29-26(41-30(33)38)23(17-6-8-18(31)9-7-17)24-25(40-29)28(37)34(27(24)36)20-10-12-21(39-2)13-11-20/h3-14,23-25H,15H2,1-2H3,(H,32,35)/t23-,24?,25?/m1/s1. The molecule has 208 valence electrons. The first-order valence-corrected chi connectivity index (χ1v) is 14.5. The van der Waals surface area contributed by atoms with Crippen molar-refractivity contribution in [1.82, 2.24) is 4.57 Å². The molecule has 2 aliphatic heterocycles. The van der Waals surface area contributed by atoms with Crippen molar-refractivity contribution >= 4 is 52.2 Å². The van der Waals surface area contributed by atoms with Gasteiger partial charge in [-0.05, 0) is 66.6 Å². The first kappa shape index (κ1) is 27.0. The fourth-order valence-electron chi connectivity index (χ4n) is 5.34. The van der Waals surface area contributed by atoms with E-state index in [9.17, 15) is 23.6 Å². The lowest BCUT2D eigenvalue weighted by Crippen LogP contribution is -2.33. The zero-order chi connectivity index (χ0) is 28.8. The number of anilines is 2. The number of amides is 3. The molecule has 1 saturated heterocycles. The molecule has 1 aromatic heterocycles. The average Bonchev–Trinajstić information content (AvgIpc) is 3.40. The minimum absolute atomic E-state index is 0.260. The molecule has 6 rings (SSSR count). The van der Waals surface area contributed by atoms with E-state index in [1.54, 1.807) is 42.5 Å². The van der Waals surface area contributed by atoms with Crippen LogP contribution in [-0.2, 0) is 20.9 Å². The Morgan fingerprint density at radius 2 is 1.73 bits per heavy atom. The Labute approximate surface area is 242 Å². The second-order valence-electron chi connectivity index (χ2n) is 9.84. The van der Waals surface area contributed by atoms with Crippen molar-refractivity contribution < 1.29 is 23.5 Å². The van der Waals surface area contributed by atoms with Crippen molar-refractivity contribution in [1.29, 1.82) is 0 Å². The molecule has 3 heterocycles. The number of nitrogens with one attached hydrogen (secondary N) is 1. The van der Waals surface area contributed by atoms with Crippen LogP contribution in [0.3, 0.4) is 0 Å².